The fourth-order valence-corrected chi connectivity index (χ4v) is 4.17. The van der Waals surface area contributed by atoms with Gasteiger partial charge in [0.05, 0.1) is 29.3 Å². The summed E-state index contributed by atoms with van der Waals surface area (Å²) in [5, 5.41) is 4.67. The summed E-state index contributed by atoms with van der Waals surface area (Å²) in [7, 11) is -2.29. The monoisotopic (exact) mass is 405 g/mol. The van der Waals surface area contributed by atoms with Gasteiger partial charge in [0.15, 0.2) is 0 Å². The number of halogens is 1. The van der Waals surface area contributed by atoms with Gasteiger partial charge in [-0.05, 0) is 55.8 Å². The smallest absolute Gasteiger partial charge is 0.261 e. The zero-order chi connectivity index (χ0) is 19.6. The predicted octanol–water partition coefficient (Wildman–Crippen LogP) is 4.01. The highest BCUT2D eigenvalue weighted by atomic mass is 35.5. The van der Waals surface area contributed by atoms with E-state index in [0.29, 0.717) is 18.0 Å². The molecule has 0 fully saturated rings. The van der Waals surface area contributed by atoms with E-state index in [-0.39, 0.29) is 9.92 Å². The minimum absolute atomic E-state index is 0.0669. The number of aromatic nitrogens is 2. The molecule has 6 nitrogen and oxygen atoms in total. The highest BCUT2D eigenvalue weighted by Gasteiger charge is 2.16. The molecule has 0 aliphatic heterocycles. The molecular formula is C19H20ClN3O3S. The van der Waals surface area contributed by atoms with Gasteiger partial charge in [-0.15, -0.1) is 0 Å². The fraction of sp³-hybridized carbons (Fsp3) is 0.211. The van der Waals surface area contributed by atoms with E-state index in [4.69, 9.17) is 16.3 Å². The molecule has 0 amide bonds. The van der Waals surface area contributed by atoms with Gasteiger partial charge in [-0.3, -0.25) is 9.40 Å². The molecule has 0 radical (unpaired) electrons. The van der Waals surface area contributed by atoms with Crippen molar-refractivity contribution >= 4 is 27.3 Å². The Balaban J connectivity index is 1.83. The second-order valence-electron chi connectivity index (χ2n) is 6.19. The lowest BCUT2D eigenvalue weighted by molar-refractivity contribution is 0.414. The third-order valence-corrected chi connectivity index (χ3v) is 5.72. The number of ether oxygens (including phenoxy) is 1. The molecule has 0 saturated heterocycles. The molecule has 0 atom stereocenters. The molecule has 0 aliphatic carbocycles. The average molecular weight is 406 g/mol. The molecule has 1 N–H and O–H groups in total. The number of nitrogens with one attached hydrogen (secondary N) is 1. The lowest BCUT2D eigenvalue weighted by Crippen LogP contribution is -2.13. The van der Waals surface area contributed by atoms with Crippen LogP contribution in [0, 0.1) is 13.8 Å². The van der Waals surface area contributed by atoms with Gasteiger partial charge in [-0.2, -0.15) is 5.10 Å². The van der Waals surface area contributed by atoms with E-state index in [2.05, 4.69) is 9.82 Å². The largest absolute Gasteiger partial charge is 0.495 e. The number of aryl methyl sites for hydroxylation is 2. The Kier molecular flexibility index (Phi) is 5.43. The Morgan fingerprint density at radius 3 is 2.56 bits per heavy atom. The molecule has 3 aromatic rings. The average Bonchev–Trinajstić information content (AvgIpc) is 2.92. The molecule has 27 heavy (non-hydrogen) atoms. The van der Waals surface area contributed by atoms with Gasteiger partial charge >= 0.3 is 0 Å². The molecule has 0 aliphatic rings. The van der Waals surface area contributed by atoms with E-state index in [1.807, 2.05) is 30.7 Å². The van der Waals surface area contributed by atoms with Crippen LogP contribution in [0.4, 0.5) is 5.69 Å². The van der Waals surface area contributed by atoms with Crippen molar-refractivity contribution in [3.63, 3.8) is 0 Å². The summed E-state index contributed by atoms with van der Waals surface area (Å²) < 4.78 is 34.8. The Morgan fingerprint density at radius 2 is 1.93 bits per heavy atom. The van der Waals surface area contributed by atoms with Crippen LogP contribution in [0.5, 0.6) is 5.75 Å². The summed E-state index contributed by atoms with van der Waals surface area (Å²) in [5.74, 6) is 0.419. The van der Waals surface area contributed by atoms with Gasteiger partial charge < -0.3 is 4.74 Å². The van der Waals surface area contributed by atoms with Crippen molar-refractivity contribution < 1.29 is 13.2 Å². The lowest BCUT2D eigenvalue weighted by Gasteiger charge is -2.11. The summed E-state index contributed by atoms with van der Waals surface area (Å²) in [6.07, 6.45) is 0. The van der Waals surface area contributed by atoms with Crippen LogP contribution in [0.2, 0.25) is 5.02 Å². The van der Waals surface area contributed by atoms with E-state index >= 15 is 0 Å². The minimum atomic E-state index is -3.77. The van der Waals surface area contributed by atoms with Crippen LogP contribution >= 0.6 is 11.6 Å². The molecule has 0 unspecified atom stereocenters. The minimum Gasteiger partial charge on any atom is -0.495 e. The van der Waals surface area contributed by atoms with Gasteiger partial charge in [0.1, 0.15) is 5.75 Å². The normalized spacial score (nSPS) is 11.4. The van der Waals surface area contributed by atoms with Crippen molar-refractivity contribution in [2.45, 2.75) is 25.3 Å². The van der Waals surface area contributed by atoms with Gasteiger partial charge in [0.25, 0.3) is 10.0 Å². The van der Waals surface area contributed by atoms with Gasteiger partial charge in [-0.1, -0.05) is 23.7 Å². The first-order valence-corrected chi connectivity index (χ1v) is 10.1. The van der Waals surface area contributed by atoms with Crippen LogP contribution in [0.15, 0.2) is 53.4 Å². The van der Waals surface area contributed by atoms with Crippen LogP contribution in [-0.4, -0.2) is 25.3 Å². The number of methoxy groups -OCH3 is 1. The number of sulfonamides is 1. The maximum atomic E-state index is 12.7. The van der Waals surface area contributed by atoms with E-state index < -0.39 is 10.0 Å². The second kappa shape index (κ2) is 7.62. The third kappa shape index (κ3) is 4.43. The maximum Gasteiger partial charge on any atom is 0.261 e. The number of nitrogens with zero attached hydrogens (tertiary/aromatic N) is 2. The molecule has 0 spiro atoms. The molecule has 3 rings (SSSR count). The quantitative estimate of drug-likeness (QED) is 0.672. The first-order valence-electron chi connectivity index (χ1n) is 8.25. The maximum absolute atomic E-state index is 12.7. The molecule has 1 heterocycles. The van der Waals surface area contributed by atoms with Gasteiger partial charge in [0.2, 0.25) is 0 Å². The van der Waals surface area contributed by atoms with E-state index in [0.717, 1.165) is 17.0 Å². The van der Waals surface area contributed by atoms with Crippen LogP contribution < -0.4 is 9.46 Å². The van der Waals surface area contributed by atoms with E-state index in [1.165, 1.54) is 25.3 Å². The standard InChI is InChI=1S/C19H20ClN3O3S/c1-13-9-14(2)23(21-13)12-15-5-4-6-16(10-15)22-27(24,25)17-7-8-19(26-3)18(20)11-17/h4-11,22H,12H2,1-3H3. The molecule has 1 aromatic heterocycles. The van der Waals surface area contributed by atoms with E-state index in [1.54, 1.807) is 18.2 Å². The lowest BCUT2D eigenvalue weighted by atomic mass is 10.2. The Labute approximate surface area is 163 Å². The zero-order valence-electron chi connectivity index (χ0n) is 15.2. The number of rotatable bonds is 6. The molecule has 0 saturated carbocycles. The van der Waals surface area contributed by atoms with Gasteiger partial charge in [0, 0.05) is 11.4 Å². The predicted molar refractivity (Wildman–Crippen MR) is 106 cm³/mol. The van der Waals surface area contributed by atoms with Crippen LogP contribution in [0.25, 0.3) is 0 Å². The summed E-state index contributed by atoms with van der Waals surface area (Å²) in [5.41, 5.74) is 3.40. The highest BCUT2D eigenvalue weighted by molar-refractivity contribution is 7.92. The van der Waals surface area contributed by atoms with Gasteiger partial charge in [-0.25, -0.2) is 8.42 Å². The van der Waals surface area contributed by atoms with E-state index in [9.17, 15) is 8.42 Å². The van der Waals surface area contributed by atoms with Crippen molar-refractivity contribution in [1.82, 2.24) is 9.78 Å². The van der Waals surface area contributed by atoms with Crippen LogP contribution in [-0.2, 0) is 16.6 Å². The molecule has 142 valence electrons. The Morgan fingerprint density at radius 1 is 1.15 bits per heavy atom. The van der Waals surface area contributed by atoms with Crippen molar-refractivity contribution in [2.24, 2.45) is 0 Å². The first kappa shape index (κ1) is 19.3. The number of benzene rings is 2. The van der Waals surface area contributed by atoms with Crippen molar-refractivity contribution in [2.75, 3.05) is 11.8 Å². The van der Waals surface area contributed by atoms with Crippen LogP contribution in [0.3, 0.4) is 0 Å². The highest BCUT2D eigenvalue weighted by Crippen LogP contribution is 2.28. The molecule has 0 bridgehead atoms. The Bertz CT molecular complexity index is 1080. The zero-order valence-corrected chi connectivity index (χ0v) is 16.8. The topological polar surface area (TPSA) is 73.2 Å². The summed E-state index contributed by atoms with van der Waals surface area (Å²) in [6.45, 7) is 4.48. The van der Waals surface area contributed by atoms with Crippen molar-refractivity contribution in [3.8, 4) is 5.75 Å². The summed E-state index contributed by atoms with van der Waals surface area (Å²) >= 11 is 6.04. The van der Waals surface area contributed by atoms with Crippen molar-refractivity contribution in [1.29, 1.82) is 0 Å². The number of hydrogen-bond donors (Lipinski definition) is 1. The third-order valence-electron chi connectivity index (χ3n) is 4.05. The van der Waals surface area contributed by atoms with Crippen LogP contribution in [0.1, 0.15) is 17.0 Å². The number of anilines is 1. The SMILES string of the molecule is COc1ccc(S(=O)(=O)Nc2cccc(Cn3nc(C)cc3C)c2)cc1Cl. The number of hydrogen-bond acceptors (Lipinski definition) is 4. The summed E-state index contributed by atoms with van der Waals surface area (Å²) in [4.78, 5) is 0.0669. The molecular weight excluding hydrogens is 386 g/mol. The first-order chi connectivity index (χ1) is 12.8. The fourth-order valence-electron chi connectivity index (χ4n) is 2.77. The summed E-state index contributed by atoms with van der Waals surface area (Å²) in [6, 6.07) is 13.6. The van der Waals surface area contributed by atoms with Crippen molar-refractivity contribution in [3.05, 3.63) is 70.5 Å². The second-order valence-corrected chi connectivity index (χ2v) is 8.28. The molecule has 2 aromatic carbocycles. The Hall–Kier alpha value is -2.51. The molecule has 8 heteroatoms.